The van der Waals surface area contributed by atoms with Crippen LogP contribution in [0.1, 0.15) is 35.3 Å². The standard InChI is InChI=1S/C19H17ClN6OS/c20-17-25-14(10-28-17)15(27)26-16(21)19(6-1-7-19)13-4-2-11(3-5-13)12-8-23-18(22)24-9-12/h2-5,8-10H,1,6-7H2,(H2,21,26,27)(H2,22,23,24). The van der Waals surface area contributed by atoms with E-state index in [-0.39, 0.29) is 11.6 Å². The van der Waals surface area contributed by atoms with Crippen LogP contribution in [-0.4, -0.2) is 26.7 Å². The molecule has 2 heterocycles. The molecule has 142 valence electrons. The Morgan fingerprint density at radius 1 is 1.14 bits per heavy atom. The Morgan fingerprint density at radius 3 is 2.36 bits per heavy atom. The lowest BCUT2D eigenvalue weighted by molar-refractivity contribution is 0.0997. The maximum absolute atomic E-state index is 12.3. The number of hydrogen-bond acceptors (Lipinski definition) is 6. The molecule has 0 spiro atoms. The fraction of sp³-hybridized carbons (Fsp3) is 0.211. The van der Waals surface area contributed by atoms with E-state index in [0.29, 0.717) is 10.3 Å². The number of carbonyl (C=O) groups is 1. The van der Waals surface area contributed by atoms with E-state index in [1.165, 1.54) is 11.3 Å². The number of aliphatic imine (C=N–C) groups is 1. The first-order valence-corrected chi connectivity index (χ1v) is 9.92. The van der Waals surface area contributed by atoms with Gasteiger partial charge in [0.2, 0.25) is 5.95 Å². The molecule has 0 saturated heterocycles. The highest BCUT2D eigenvalue weighted by Crippen LogP contribution is 2.44. The van der Waals surface area contributed by atoms with Gasteiger partial charge in [-0.25, -0.2) is 15.0 Å². The quantitative estimate of drug-likeness (QED) is 0.500. The lowest BCUT2D eigenvalue weighted by Gasteiger charge is -2.41. The number of carbonyl (C=O) groups excluding carboxylic acids is 1. The molecule has 0 aliphatic heterocycles. The summed E-state index contributed by atoms with van der Waals surface area (Å²) in [6, 6.07) is 7.99. The summed E-state index contributed by atoms with van der Waals surface area (Å²) >= 11 is 6.99. The van der Waals surface area contributed by atoms with Crippen LogP contribution in [0.25, 0.3) is 11.1 Å². The molecule has 4 rings (SSSR count). The second-order valence-electron chi connectivity index (χ2n) is 6.63. The van der Waals surface area contributed by atoms with Crippen LogP contribution in [0.5, 0.6) is 0 Å². The molecule has 7 nitrogen and oxygen atoms in total. The molecule has 1 aliphatic rings. The van der Waals surface area contributed by atoms with Gasteiger partial charge < -0.3 is 11.5 Å². The van der Waals surface area contributed by atoms with Crippen molar-refractivity contribution in [3.63, 3.8) is 0 Å². The Morgan fingerprint density at radius 2 is 1.82 bits per heavy atom. The second-order valence-corrected chi connectivity index (χ2v) is 8.07. The van der Waals surface area contributed by atoms with E-state index in [2.05, 4.69) is 19.9 Å². The average Bonchev–Trinajstić information content (AvgIpc) is 3.09. The van der Waals surface area contributed by atoms with Crippen molar-refractivity contribution in [1.29, 1.82) is 0 Å². The summed E-state index contributed by atoms with van der Waals surface area (Å²) in [5.41, 5.74) is 14.5. The van der Waals surface area contributed by atoms with Crippen LogP contribution >= 0.6 is 22.9 Å². The maximum atomic E-state index is 12.3. The number of halogens is 1. The van der Waals surface area contributed by atoms with Gasteiger partial charge in [-0.15, -0.1) is 11.3 Å². The van der Waals surface area contributed by atoms with Crippen LogP contribution in [0.4, 0.5) is 5.95 Å². The van der Waals surface area contributed by atoms with Gasteiger partial charge in [0.05, 0.1) is 5.41 Å². The molecular formula is C19H17ClN6OS. The minimum Gasteiger partial charge on any atom is -0.386 e. The van der Waals surface area contributed by atoms with E-state index in [4.69, 9.17) is 23.1 Å². The van der Waals surface area contributed by atoms with E-state index >= 15 is 0 Å². The van der Waals surface area contributed by atoms with Crippen molar-refractivity contribution in [3.05, 3.63) is 57.8 Å². The predicted octanol–water partition coefficient (Wildman–Crippen LogP) is 3.46. The Hall–Kier alpha value is -2.84. The molecule has 1 aromatic carbocycles. The smallest absolute Gasteiger partial charge is 0.298 e. The van der Waals surface area contributed by atoms with Crippen molar-refractivity contribution in [3.8, 4) is 11.1 Å². The van der Waals surface area contributed by atoms with Crippen molar-refractivity contribution in [2.75, 3.05) is 5.73 Å². The van der Waals surface area contributed by atoms with Crippen LogP contribution in [0.3, 0.4) is 0 Å². The molecule has 3 aromatic rings. The van der Waals surface area contributed by atoms with Gasteiger partial charge in [0.25, 0.3) is 5.91 Å². The minimum absolute atomic E-state index is 0.214. The molecule has 1 saturated carbocycles. The summed E-state index contributed by atoms with van der Waals surface area (Å²) in [4.78, 5) is 28.5. The van der Waals surface area contributed by atoms with Crippen molar-refractivity contribution < 1.29 is 4.79 Å². The summed E-state index contributed by atoms with van der Waals surface area (Å²) in [7, 11) is 0. The highest BCUT2D eigenvalue weighted by atomic mass is 35.5. The largest absolute Gasteiger partial charge is 0.386 e. The van der Waals surface area contributed by atoms with Crippen LogP contribution in [0, 0.1) is 0 Å². The third kappa shape index (κ3) is 3.36. The number of benzene rings is 1. The summed E-state index contributed by atoms with van der Waals surface area (Å²) in [6.07, 6.45) is 6.09. The van der Waals surface area contributed by atoms with Crippen molar-refractivity contribution in [2.45, 2.75) is 24.7 Å². The maximum Gasteiger partial charge on any atom is 0.298 e. The van der Waals surface area contributed by atoms with E-state index in [9.17, 15) is 4.79 Å². The van der Waals surface area contributed by atoms with Gasteiger partial charge in [-0.05, 0) is 24.0 Å². The molecule has 2 aromatic heterocycles. The molecule has 28 heavy (non-hydrogen) atoms. The summed E-state index contributed by atoms with van der Waals surface area (Å²) in [6.45, 7) is 0. The average molecular weight is 413 g/mol. The molecule has 0 atom stereocenters. The lowest BCUT2D eigenvalue weighted by Crippen LogP contribution is -2.47. The molecule has 0 radical (unpaired) electrons. The van der Waals surface area contributed by atoms with Gasteiger partial charge >= 0.3 is 0 Å². The monoisotopic (exact) mass is 412 g/mol. The first-order valence-electron chi connectivity index (χ1n) is 8.66. The van der Waals surface area contributed by atoms with E-state index < -0.39 is 11.3 Å². The van der Waals surface area contributed by atoms with Crippen molar-refractivity contribution >= 4 is 40.6 Å². The van der Waals surface area contributed by atoms with Crippen LogP contribution < -0.4 is 11.5 Å². The molecule has 0 unspecified atom stereocenters. The normalized spacial score (nSPS) is 15.8. The van der Waals surface area contributed by atoms with Crippen LogP contribution in [0.15, 0.2) is 47.0 Å². The predicted molar refractivity (Wildman–Crippen MR) is 110 cm³/mol. The number of nitrogens with zero attached hydrogens (tertiary/aromatic N) is 4. The number of rotatable bonds is 4. The number of thiazole rings is 1. The zero-order valence-corrected chi connectivity index (χ0v) is 16.4. The number of amides is 1. The Bertz CT molecular complexity index is 1040. The molecular weight excluding hydrogens is 396 g/mol. The van der Waals surface area contributed by atoms with Gasteiger partial charge in [0.1, 0.15) is 11.5 Å². The zero-order chi connectivity index (χ0) is 19.7. The molecule has 4 N–H and O–H groups in total. The van der Waals surface area contributed by atoms with Crippen molar-refractivity contribution in [2.24, 2.45) is 10.7 Å². The highest BCUT2D eigenvalue weighted by molar-refractivity contribution is 7.14. The Balaban J connectivity index is 1.61. The van der Waals surface area contributed by atoms with E-state index in [1.807, 2.05) is 24.3 Å². The number of hydrogen-bond donors (Lipinski definition) is 2. The highest BCUT2D eigenvalue weighted by Gasteiger charge is 2.43. The van der Waals surface area contributed by atoms with Gasteiger partial charge in [0.15, 0.2) is 4.47 Å². The van der Waals surface area contributed by atoms with Crippen LogP contribution in [0.2, 0.25) is 4.47 Å². The Labute approximate surface area is 170 Å². The minimum atomic E-state index is -0.470. The lowest BCUT2D eigenvalue weighted by atomic mass is 9.63. The van der Waals surface area contributed by atoms with Crippen molar-refractivity contribution in [1.82, 2.24) is 15.0 Å². The zero-order valence-electron chi connectivity index (χ0n) is 14.8. The van der Waals surface area contributed by atoms with Crippen LogP contribution in [-0.2, 0) is 5.41 Å². The summed E-state index contributed by atoms with van der Waals surface area (Å²) in [5, 5.41) is 1.58. The van der Waals surface area contributed by atoms with E-state index in [1.54, 1.807) is 17.8 Å². The number of anilines is 1. The fourth-order valence-electron chi connectivity index (χ4n) is 3.32. The molecule has 0 bridgehead atoms. The fourth-order valence-corrected chi connectivity index (χ4v) is 4.05. The Kier molecular flexibility index (Phi) is 4.82. The number of nitrogen functional groups attached to an aromatic ring is 1. The third-order valence-corrected chi connectivity index (χ3v) is 6.04. The first-order chi connectivity index (χ1) is 13.5. The third-order valence-electron chi connectivity index (χ3n) is 5.06. The summed E-state index contributed by atoms with van der Waals surface area (Å²) in [5.74, 6) is 0.0860. The van der Waals surface area contributed by atoms with Gasteiger partial charge in [-0.2, -0.15) is 4.99 Å². The van der Waals surface area contributed by atoms with Gasteiger partial charge in [-0.3, -0.25) is 4.79 Å². The number of nitrogens with two attached hydrogens (primary N) is 2. The molecule has 9 heteroatoms. The van der Waals surface area contributed by atoms with Gasteiger partial charge in [0, 0.05) is 23.3 Å². The van der Waals surface area contributed by atoms with E-state index in [0.717, 1.165) is 36.0 Å². The second kappa shape index (κ2) is 7.29. The van der Waals surface area contributed by atoms with Gasteiger partial charge in [-0.1, -0.05) is 42.3 Å². The topological polar surface area (TPSA) is 120 Å². The molecule has 1 aliphatic carbocycles. The number of aromatic nitrogens is 3. The first kappa shape index (κ1) is 18.5. The number of amidine groups is 1. The molecule has 1 amide bonds. The molecule has 1 fully saturated rings. The SMILES string of the molecule is NC(=NC(=O)c1csc(Cl)n1)C1(c2ccc(-c3cnc(N)nc3)cc2)CCC1. The summed E-state index contributed by atoms with van der Waals surface area (Å²) < 4.78 is 0.303.